The Morgan fingerprint density at radius 2 is 2.25 bits per heavy atom. The molecule has 0 spiro atoms. The number of aromatic nitrogens is 4. The van der Waals surface area contributed by atoms with E-state index in [2.05, 4.69) is 29.3 Å². The highest BCUT2D eigenvalue weighted by Gasteiger charge is 2.52. The number of ether oxygens (including phenoxy) is 1. The van der Waals surface area contributed by atoms with E-state index >= 15 is 0 Å². The Balaban J connectivity index is 1.68. The first kappa shape index (κ1) is 17.0. The zero-order valence-corrected chi connectivity index (χ0v) is 14.7. The van der Waals surface area contributed by atoms with Crippen LogP contribution >= 0.6 is 0 Å². The maximum absolute atomic E-state index is 12.3. The van der Waals surface area contributed by atoms with Gasteiger partial charge in [-0.05, 0) is 55.1 Å². The number of carbonyl (C=O) groups is 2. The number of ketones is 1. The number of hydrogen-bond donors (Lipinski definition) is 0. The van der Waals surface area contributed by atoms with Crippen LogP contribution in [-0.2, 0) is 16.1 Å². The van der Waals surface area contributed by atoms with Gasteiger partial charge < -0.3 is 4.74 Å². The summed E-state index contributed by atoms with van der Waals surface area (Å²) in [6, 6.07) is 0. The van der Waals surface area contributed by atoms with Crippen molar-refractivity contribution in [3.05, 3.63) is 5.82 Å². The molecule has 1 aromatic heterocycles. The summed E-state index contributed by atoms with van der Waals surface area (Å²) in [5.41, 5.74) is 0.0965. The van der Waals surface area contributed by atoms with Crippen LogP contribution in [0, 0.1) is 23.2 Å². The molecule has 1 heterocycles. The molecular weight excluding hydrogens is 308 g/mol. The van der Waals surface area contributed by atoms with Gasteiger partial charge in [-0.2, -0.15) is 4.80 Å². The Bertz CT molecular complexity index is 629. The number of rotatable bonds is 5. The number of esters is 1. The van der Waals surface area contributed by atoms with Gasteiger partial charge in [-0.25, -0.2) is 4.79 Å². The van der Waals surface area contributed by atoms with Crippen LogP contribution in [-0.4, -0.2) is 38.6 Å². The smallest absolute Gasteiger partial charge is 0.380 e. The van der Waals surface area contributed by atoms with E-state index in [0.717, 1.165) is 32.1 Å². The summed E-state index contributed by atoms with van der Waals surface area (Å²) in [6.45, 7) is 7.10. The summed E-state index contributed by atoms with van der Waals surface area (Å²) in [6.07, 6.45) is 4.95. The predicted octanol–water partition coefficient (Wildman–Crippen LogP) is 2.27. The van der Waals surface area contributed by atoms with Crippen molar-refractivity contribution in [1.82, 2.24) is 20.2 Å². The van der Waals surface area contributed by atoms with E-state index in [1.165, 1.54) is 4.80 Å². The third-order valence-corrected chi connectivity index (χ3v) is 5.99. The van der Waals surface area contributed by atoms with Crippen LogP contribution in [0.2, 0.25) is 0 Å². The zero-order valence-electron chi connectivity index (χ0n) is 14.7. The van der Waals surface area contributed by atoms with E-state index in [9.17, 15) is 9.59 Å². The molecule has 0 aromatic carbocycles. The minimum atomic E-state index is -0.540. The molecule has 0 amide bonds. The Labute approximate surface area is 142 Å². The standard InChI is InChI=1S/C17H26N4O3/c1-4-24-16(23)15-18-20-21(19-15)10-11(2)12-7-8-13-14(22)6-5-9-17(12,13)3/h11-13H,4-10H2,1-3H3/t11-,12-,13+,17-/m1/s1. The predicted molar refractivity (Wildman–Crippen MR) is 86.1 cm³/mol. The van der Waals surface area contributed by atoms with E-state index in [0.29, 0.717) is 30.8 Å². The molecule has 7 nitrogen and oxygen atoms in total. The monoisotopic (exact) mass is 334 g/mol. The van der Waals surface area contributed by atoms with Gasteiger partial charge in [0, 0.05) is 12.3 Å². The number of carbonyl (C=O) groups excluding carboxylic acids is 2. The molecule has 0 unspecified atom stereocenters. The third kappa shape index (κ3) is 2.96. The van der Waals surface area contributed by atoms with Gasteiger partial charge in [0.25, 0.3) is 5.82 Å². The topological polar surface area (TPSA) is 87.0 Å². The minimum absolute atomic E-state index is 0.00686. The van der Waals surface area contributed by atoms with Gasteiger partial charge in [-0.3, -0.25) is 4.79 Å². The minimum Gasteiger partial charge on any atom is -0.460 e. The van der Waals surface area contributed by atoms with Gasteiger partial charge in [0.15, 0.2) is 0 Å². The van der Waals surface area contributed by atoms with Gasteiger partial charge in [0.2, 0.25) is 0 Å². The summed E-state index contributed by atoms with van der Waals surface area (Å²) >= 11 is 0. The van der Waals surface area contributed by atoms with Crippen molar-refractivity contribution in [2.45, 2.75) is 59.4 Å². The maximum atomic E-state index is 12.3. The molecule has 7 heteroatoms. The van der Waals surface area contributed by atoms with Crippen molar-refractivity contribution in [2.24, 2.45) is 23.2 Å². The van der Waals surface area contributed by atoms with Crippen molar-refractivity contribution < 1.29 is 14.3 Å². The molecule has 132 valence electrons. The van der Waals surface area contributed by atoms with E-state index in [1.807, 2.05) is 0 Å². The second-order valence-corrected chi connectivity index (χ2v) is 7.43. The van der Waals surface area contributed by atoms with Crippen LogP contribution in [0.15, 0.2) is 0 Å². The van der Waals surface area contributed by atoms with Crippen molar-refractivity contribution >= 4 is 11.8 Å². The Hall–Kier alpha value is -1.79. The summed E-state index contributed by atoms with van der Waals surface area (Å²) in [5, 5.41) is 11.9. The summed E-state index contributed by atoms with van der Waals surface area (Å²) in [7, 11) is 0. The molecule has 3 rings (SSSR count). The molecule has 0 saturated heterocycles. The van der Waals surface area contributed by atoms with E-state index < -0.39 is 5.97 Å². The number of Topliss-reactive ketones (excluding diaryl/α,β-unsaturated/α-hetero) is 1. The van der Waals surface area contributed by atoms with Crippen LogP contribution in [0.4, 0.5) is 0 Å². The van der Waals surface area contributed by atoms with Crippen molar-refractivity contribution in [1.29, 1.82) is 0 Å². The molecule has 0 aliphatic heterocycles. The second-order valence-electron chi connectivity index (χ2n) is 7.43. The van der Waals surface area contributed by atoms with E-state index in [4.69, 9.17) is 4.74 Å². The summed E-state index contributed by atoms with van der Waals surface area (Å²) in [5.74, 6) is 0.938. The highest BCUT2D eigenvalue weighted by Crippen LogP contribution is 2.56. The first-order chi connectivity index (χ1) is 11.5. The van der Waals surface area contributed by atoms with Crippen molar-refractivity contribution in [2.75, 3.05) is 6.61 Å². The van der Waals surface area contributed by atoms with E-state index in [1.54, 1.807) is 6.92 Å². The Morgan fingerprint density at radius 3 is 3.00 bits per heavy atom. The fourth-order valence-corrected chi connectivity index (χ4v) is 4.89. The van der Waals surface area contributed by atoms with Gasteiger partial charge >= 0.3 is 5.97 Å². The zero-order chi connectivity index (χ0) is 17.3. The van der Waals surface area contributed by atoms with Gasteiger partial charge in [-0.1, -0.05) is 13.8 Å². The maximum Gasteiger partial charge on any atom is 0.380 e. The van der Waals surface area contributed by atoms with E-state index in [-0.39, 0.29) is 17.2 Å². The molecule has 0 bridgehead atoms. The number of tetrazole rings is 1. The number of nitrogens with zero attached hydrogens (tertiary/aromatic N) is 4. The molecule has 2 aliphatic carbocycles. The number of hydrogen-bond acceptors (Lipinski definition) is 6. The van der Waals surface area contributed by atoms with Crippen LogP contribution < -0.4 is 0 Å². The average Bonchev–Trinajstić information content (AvgIpc) is 3.12. The highest BCUT2D eigenvalue weighted by molar-refractivity contribution is 5.84. The molecule has 0 N–H and O–H groups in total. The molecule has 2 aliphatic rings. The molecule has 1 aromatic rings. The molecule has 2 saturated carbocycles. The lowest BCUT2D eigenvalue weighted by Gasteiger charge is -2.42. The number of fused-ring (bicyclic) bond motifs is 1. The quantitative estimate of drug-likeness (QED) is 0.768. The lowest BCUT2D eigenvalue weighted by Crippen LogP contribution is -2.40. The third-order valence-electron chi connectivity index (χ3n) is 5.99. The van der Waals surface area contributed by atoms with Crippen molar-refractivity contribution in [3.8, 4) is 0 Å². The fraction of sp³-hybridized carbons (Fsp3) is 0.824. The Kier molecular flexibility index (Phi) is 4.69. The van der Waals surface area contributed by atoms with Crippen LogP contribution in [0.25, 0.3) is 0 Å². The molecule has 2 fully saturated rings. The largest absolute Gasteiger partial charge is 0.460 e. The molecule has 24 heavy (non-hydrogen) atoms. The molecule has 0 radical (unpaired) electrons. The fourth-order valence-electron chi connectivity index (χ4n) is 4.89. The first-order valence-electron chi connectivity index (χ1n) is 8.93. The summed E-state index contributed by atoms with van der Waals surface area (Å²) in [4.78, 5) is 25.4. The van der Waals surface area contributed by atoms with Gasteiger partial charge in [0.1, 0.15) is 5.78 Å². The van der Waals surface area contributed by atoms with Crippen LogP contribution in [0.3, 0.4) is 0 Å². The Morgan fingerprint density at radius 1 is 1.46 bits per heavy atom. The second kappa shape index (κ2) is 6.61. The highest BCUT2D eigenvalue weighted by atomic mass is 16.5. The van der Waals surface area contributed by atoms with Gasteiger partial charge in [0.05, 0.1) is 13.2 Å². The molecule has 4 atom stereocenters. The van der Waals surface area contributed by atoms with Crippen molar-refractivity contribution in [3.63, 3.8) is 0 Å². The van der Waals surface area contributed by atoms with Crippen LogP contribution in [0.1, 0.15) is 63.5 Å². The van der Waals surface area contributed by atoms with Gasteiger partial charge in [-0.15, -0.1) is 10.2 Å². The average molecular weight is 334 g/mol. The first-order valence-corrected chi connectivity index (χ1v) is 8.93. The normalized spacial score (nSPS) is 30.9. The van der Waals surface area contributed by atoms with Crippen LogP contribution in [0.5, 0.6) is 0 Å². The summed E-state index contributed by atoms with van der Waals surface area (Å²) < 4.78 is 4.89. The SMILES string of the molecule is CCOC(=O)c1nnn(C[C@@H](C)[C@H]2CC[C@H]3C(=O)CCC[C@]23C)n1. The molecular formula is C17H26N4O3. The lowest BCUT2D eigenvalue weighted by atomic mass is 9.62. The lowest BCUT2D eigenvalue weighted by molar-refractivity contribution is -0.130.